The summed E-state index contributed by atoms with van der Waals surface area (Å²) in [6, 6.07) is 13.1. The predicted octanol–water partition coefficient (Wildman–Crippen LogP) is 2.94. The third-order valence-electron chi connectivity index (χ3n) is 4.33. The van der Waals surface area contributed by atoms with Crippen LogP contribution in [-0.2, 0) is 0 Å². The summed E-state index contributed by atoms with van der Waals surface area (Å²) < 4.78 is 5.32. The van der Waals surface area contributed by atoms with Crippen LogP contribution in [0.5, 0.6) is 17.2 Å². The van der Waals surface area contributed by atoms with Gasteiger partial charge in [0.25, 0.3) is 0 Å². The lowest BCUT2D eigenvalue weighted by Crippen LogP contribution is -2.23. The molecule has 0 bridgehead atoms. The van der Waals surface area contributed by atoms with Crippen LogP contribution in [0.1, 0.15) is 32.0 Å². The number of rotatable bonds is 2. The monoisotopic (exact) mass is 347 g/mol. The molecule has 2 aromatic carbocycles. The minimum atomic E-state index is -0.640. The van der Waals surface area contributed by atoms with E-state index in [0.717, 1.165) is 5.56 Å². The number of carbonyl (C=O) groups excluding carboxylic acids is 2. The van der Waals surface area contributed by atoms with E-state index in [0.29, 0.717) is 5.69 Å². The topological polar surface area (TPSA) is 96.7 Å². The van der Waals surface area contributed by atoms with E-state index in [4.69, 9.17) is 4.74 Å². The molecule has 0 saturated heterocycles. The van der Waals surface area contributed by atoms with Crippen molar-refractivity contribution in [2.24, 2.45) is 0 Å². The van der Waals surface area contributed by atoms with Crippen LogP contribution in [0.15, 0.2) is 48.5 Å². The molecule has 0 aliphatic heterocycles. The second-order valence-electron chi connectivity index (χ2n) is 5.81. The predicted molar refractivity (Wildman–Crippen MR) is 92.9 cm³/mol. The lowest BCUT2D eigenvalue weighted by atomic mass is 9.85. The average Bonchev–Trinajstić information content (AvgIpc) is 2.67. The highest BCUT2D eigenvalue weighted by atomic mass is 16.5. The Bertz CT molecular complexity index is 1070. The standard InChI is InChI=1S/C20H13NO5/c1-26-14-9-11(10-5-3-2-4-6-10)21-18-17(14)19(24)15-12(22)7-8-13(23)16(15)20(18)25/h2-9,22-23H,1H3. The Morgan fingerprint density at radius 1 is 0.846 bits per heavy atom. The van der Waals surface area contributed by atoms with Gasteiger partial charge in [-0.15, -0.1) is 0 Å². The van der Waals surface area contributed by atoms with Crippen LogP contribution in [0.3, 0.4) is 0 Å². The Kier molecular flexibility index (Phi) is 3.47. The van der Waals surface area contributed by atoms with Gasteiger partial charge in [-0.25, -0.2) is 4.98 Å². The quantitative estimate of drug-likeness (QED) is 0.541. The Hall–Kier alpha value is -3.67. The van der Waals surface area contributed by atoms with Gasteiger partial charge in [0.2, 0.25) is 11.6 Å². The molecule has 0 amide bonds. The zero-order valence-corrected chi connectivity index (χ0v) is 13.7. The third kappa shape index (κ3) is 2.16. The number of fused-ring (bicyclic) bond motifs is 2. The van der Waals surface area contributed by atoms with Gasteiger partial charge in [-0.05, 0) is 12.1 Å². The van der Waals surface area contributed by atoms with Gasteiger partial charge in [0, 0.05) is 11.6 Å². The zero-order valence-electron chi connectivity index (χ0n) is 13.7. The normalized spacial score (nSPS) is 12.5. The van der Waals surface area contributed by atoms with Crippen molar-refractivity contribution in [3.05, 3.63) is 70.9 Å². The molecule has 1 aliphatic carbocycles. The molecule has 1 aliphatic rings. The van der Waals surface area contributed by atoms with E-state index in [9.17, 15) is 19.8 Å². The Labute approximate surface area is 148 Å². The van der Waals surface area contributed by atoms with Crippen LogP contribution in [0.2, 0.25) is 0 Å². The van der Waals surface area contributed by atoms with Crippen molar-refractivity contribution >= 4 is 11.6 Å². The zero-order chi connectivity index (χ0) is 18.4. The molecule has 4 rings (SSSR count). The van der Waals surface area contributed by atoms with Crippen molar-refractivity contribution in [1.29, 1.82) is 0 Å². The number of benzene rings is 2. The smallest absolute Gasteiger partial charge is 0.216 e. The molecular weight excluding hydrogens is 334 g/mol. The second kappa shape index (κ2) is 5.70. The van der Waals surface area contributed by atoms with Crippen LogP contribution < -0.4 is 4.74 Å². The maximum atomic E-state index is 12.9. The van der Waals surface area contributed by atoms with E-state index < -0.39 is 11.6 Å². The number of ether oxygens (including phenoxy) is 1. The molecule has 26 heavy (non-hydrogen) atoms. The summed E-state index contributed by atoms with van der Waals surface area (Å²) in [7, 11) is 1.39. The summed E-state index contributed by atoms with van der Waals surface area (Å²) in [5.74, 6) is -1.84. The Morgan fingerprint density at radius 2 is 1.46 bits per heavy atom. The summed E-state index contributed by atoms with van der Waals surface area (Å²) in [5.41, 5.74) is 0.592. The maximum Gasteiger partial charge on any atom is 0.216 e. The van der Waals surface area contributed by atoms with E-state index >= 15 is 0 Å². The van der Waals surface area contributed by atoms with Crippen molar-refractivity contribution in [2.75, 3.05) is 7.11 Å². The number of methoxy groups -OCH3 is 1. The molecule has 0 saturated carbocycles. The number of aromatic nitrogens is 1. The molecule has 2 N–H and O–H groups in total. The molecule has 128 valence electrons. The van der Waals surface area contributed by atoms with E-state index in [-0.39, 0.29) is 39.6 Å². The van der Waals surface area contributed by atoms with Crippen LogP contribution in [0.25, 0.3) is 11.3 Å². The molecule has 0 radical (unpaired) electrons. The van der Waals surface area contributed by atoms with E-state index in [1.54, 1.807) is 6.07 Å². The van der Waals surface area contributed by atoms with Gasteiger partial charge in [0.05, 0.1) is 29.5 Å². The minimum absolute atomic E-state index is 0.0226. The summed E-state index contributed by atoms with van der Waals surface area (Å²) >= 11 is 0. The highest BCUT2D eigenvalue weighted by Gasteiger charge is 2.38. The first-order valence-corrected chi connectivity index (χ1v) is 7.81. The van der Waals surface area contributed by atoms with Gasteiger partial charge >= 0.3 is 0 Å². The second-order valence-corrected chi connectivity index (χ2v) is 5.81. The summed E-state index contributed by atoms with van der Waals surface area (Å²) in [6.45, 7) is 0. The number of nitrogens with zero attached hydrogens (tertiary/aromatic N) is 1. The number of hydrogen-bond acceptors (Lipinski definition) is 6. The van der Waals surface area contributed by atoms with Crippen molar-refractivity contribution in [3.8, 4) is 28.5 Å². The molecule has 1 heterocycles. The number of aromatic hydroxyl groups is 2. The first-order chi connectivity index (χ1) is 12.5. The van der Waals surface area contributed by atoms with Gasteiger partial charge in [-0.1, -0.05) is 30.3 Å². The fourth-order valence-corrected chi connectivity index (χ4v) is 3.11. The molecule has 0 unspecified atom stereocenters. The number of phenols is 2. The fourth-order valence-electron chi connectivity index (χ4n) is 3.11. The summed E-state index contributed by atoms with van der Waals surface area (Å²) in [4.78, 5) is 30.2. The third-order valence-corrected chi connectivity index (χ3v) is 4.33. The number of phenolic OH excluding ortho intramolecular Hbond substituents is 2. The first-order valence-electron chi connectivity index (χ1n) is 7.81. The van der Waals surface area contributed by atoms with Crippen molar-refractivity contribution in [1.82, 2.24) is 4.98 Å². The Morgan fingerprint density at radius 3 is 2.08 bits per heavy atom. The number of carbonyl (C=O) groups is 2. The molecule has 0 spiro atoms. The van der Waals surface area contributed by atoms with Crippen LogP contribution in [0.4, 0.5) is 0 Å². The van der Waals surface area contributed by atoms with Gasteiger partial charge in [0.15, 0.2) is 0 Å². The number of hydrogen-bond donors (Lipinski definition) is 2. The van der Waals surface area contributed by atoms with Gasteiger partial charge < -0.3 is 14.9 Å². The van der Waals surface area contributed by atoms with Gasteiger partial charge in [-0.3, -0.25) is 9.59 Å². The van der Waals surface area contributed by atoms with Gasteiger partial charge in [-0.2, -0.15) is 0 Å². The molecule has 6 nitrogen and oxygen atoms in total. The summed E-state index contributed by atoms with van der Waals surface area (Å²) in [6.07, 6.45) is 0. The van der Waals surface area contributed by atoms with E-state index in [2.05, 4.69) is 4.98 Å². The van der Waals surface area contributed by atoms with Crippen molar-refractivity contribution in [2.45, 2.75) is 0 Å². The van der Waals surface area contributed by atoms with E-state index in [1.807, 2.05) is 30.3 Å². The highest BCUT2D eigenvalue weighted by Crippen LogP contribution is 2.40. The largest absolute Gasteiger partial charge is 0.507 e. The summed E-state index contributed by atoms with van der Waals surface area (Å²) in [5, 5.41) is 20.1. The molecular formula is C20H13NO5. The van der Waals surface area contributed by atoms with Crippen LogP contribution in [0, 0.1) is 0 Å². The maximum absolute atomic E-state index is 12.9. The van der Waals surface area contributed by atoms with Crippen LogP contribution >= 0.6 is 0 Å². The molecule has 1 aromatic heterocycles. The highest BCUT2D eigenvalue weighted by molar-refractivity contribution is 6.30. The Balaban J connectivity index is 2.02. The van der Waals surface area contributed by atoms with Crippen LogP contribution in [-0.4, -0.2) is 33.9 Å². The van der Waals surface area contributed by atoms with Crippen molar-refractivity contribution < 1.29 is 24.5 Å². The molecule has 3 aromatic rings. The molecule has 0 atom stereocenters. The lowest BCUT2D eigenvalue weighted by molar-refractivity contribution is 0.0968. The first kappa shape index (κ1) is 15.8. The van der Waals surface area contributed by atoms with Gasteiger partial charge in [0.1, 0.15) is 22.9 Å². The number of ketones is 2. The lowest BCUT2D eigenvalue weighted by Gasteiger charge is -2.21. The number of pyridine rings is 1. The fraction of sp³-hybridized carbons (Fsp3) is 0.0500. The molecule has 6 heteroatoms. The van der Waals surface area contributed by atoms with Crippen molar-refractivity contribution in [3.63, 3.8) is 0 Å². The minimum Gasteiger partial charge on any atom is -0.507 e. The SMILES string of the molecule is COc1cc(-c2ccccc2)nc2c1C(=O)c1c(O)ccc(O)c1C2=O. The van der Waals surface area contributed by atoms with E-state index in [1.165, 1.54) is 19.2 Å². The molecule has 0 fully saturated rings. The average molecular weight is 347 g/mol.